The standard InChI is InChI=1S/C28H30N4O3/c1-17-12-21(7-9-24(17)18(2)16-33)26(28(35)31-15-19-4-3-5-22(29)13-19)32-23-8-6-20-10-11-30-27(34)25(20)14-23/h3-14,18,26,32-33H,15-16,29H2,1-2H3,(H,30,34)(H,31,35)/t18-,26?/m0/s1. The Morgan fingerprint density at radius 1 is 1.09 bits per heavy atom. The number of carbonyl (C=O) groups excluding carboxylic acids is 1. The molecule has 0 saturated heterocycles. The van der Waals surface area contributed by atoms with Crippen molar-refractivity contribution in [1.29, 1.82) is 0 Å². The fourth-order valence-corrected chi connectivity index (χ4v) is 4.26. The molecule has 0 saturated carbocycles. The average molecular weight is 471 g/mol. The van der Waals surface area contributed by atoms with Crippen LogP contribution in [0.25, 0.3) is 10.8 Å². The van der Waals surface area contributed by atoms with E-state index in [0.29, 0.717) is 23.3 Å². The van der Waals surface area contributed by atoms with Crippen molar-refractivity contribution < 1.29 is 9.90 Å². The highest BCUT2D eigenvalue weighted by Crippen LogP contribution is 2.27. The number of aromatic nitrogens is 1. The first kappa shape index (κ1) is 24.0. The summed E-state index contributed by atoms with van der Waals surface area (Å²) in [5.41, 5.74) is 10.7. The highest BCUT2D eigenvalue weighted by molar-refractivity contribution is 5.89. The molecule has 7 nitrogen and oxygen atoms in total. The number of aliphatic hydroxyl groups is 1. The van der Waals surface area contributed by atoms with Gasteiger partial charge in [0, 0.05) is 42.0 Å². The minimum atomic E-state index is -0.700. The van der Waals surface area contributed by atoms with E-state index >= 15 is 0 Å². The van der Waals surface area contributed by atoms with E-state index in [1.54, 1.807) is 18.3 Å². The molecule has 2 atom stereocenters. The maximum absolute atomic E-state index is 13.4. The Morgan fingerprint density at radius 2 is 1.91 bits per heavy atom. The molecular formula is C28H30N4O3. The number of aromatic amines is 1. The van der Waals surface area contributed by atoms with Crippen LogP contribution in [-0.4, -0.2) is 22.6 Å². The molecule has 0 radical (unpaired) electrons. The number of rotatable bonds is 8. The molecule has 0 aliphatic rings. The Bertz CT molecular complexity index is 1410. The number of nitrogen functional groups attached to an aromatic ring is 1. The third kappa shape index (κ3) is 5.53. The number of aryl methyl sites for hydroxylation is 1. The van der Waals surface area contributed by atoms with E-state index < -0.39 is 6.04 Å². The quantitative estimate of drug-likeness (QED) is 0.250. The zero-order valence-corrected chi connectivity index (χ0v) is 19.8. The molecule has 1 heterocycles. The molecule has 4 rings (SSSR count). The number of fused-ring (bicyclic) bond motifs is 1. The highest BCUT2D eigenvalue weighted by atomic mass is 16.3. The molecule has 7 heteroatoms. The second kappa shape index (κ2) is 10.4. The fraction of sp³-hybridized carbons (Fsp3) is 0.214. The number of anilines is 2. The van der Waals surface area contributed by atoms with E-state index in [4.69, 9.17) is 5.73 Å². The number of H-pyrrole nitrogens is 1. The Balaban J connectivity index is 1.66. The summed E-state index contributed by atoms with van der Waals surface area (Å²) in [6.07, 6.45) is 1.61. The maximum Gasteiger partial charge on any atom is 0.255 e. The number of hydrogen-bond acceptors (Lipinski definition) is 5. The van der Waals surface area contributed by atoms with Crippen molar-refractivity contribution in [2.45, 2.75) is 32.4 Å². The van der Waals surface area contributed by atoms with E-state index in [1.807, 2.05) is 68.4 Å². The first-order valence-corrected chi connectivity index (χ1v) is 11.6. The topological polar surface area (TPSA) is 120 Å². The largest absolute Gasteiger partial charge is 0.399 e. The molecule has 0 bridgehead atoms. The Hall–Kier alpha value is -4.10. The number of pyridine rings is 1. The second-order valence-corrected chi connectivity index (χ2v) is 8.85. The molecule has 4 aromatic rings. The van der Waals surface area contributed by atoms with Gasteiger partial charge >= 0.3 is 0 Å². The minimum absolute atomic E-state index is 0.0000351. The van der Waals surface area contributed by atoms with Crippen LogP contribution in [0.15, 0.2) is 77.7 Å². The van der Waals surface area contributed by atoms with Gasteiger partial charge in [0.05, 0.1) is 0 Å². The molecule has 1 amide bonds. The predicted octanol–water partition coefficient (Wildman–Crippen LogP) is 3.98. The third-order valence-corrected chi connectivity index (χ3v) is 6.20. The van der Waals surface area contributed by atoms with Gasteiger partial charge in [-0.3, -0.25) is 9.59 Å². The lowest BCUT2D eigenvalue weighted by Crippen LogP contribution is -2.33. The molecule has 6 N–H and O–H groups in total. The van der Waals surface area contributed by atoms with Crippen molar-refractivity contribution in [1.82, 2.24) is 10.3 Å². The van der Waals surface area contributed by atoms with Gasteiger partial charge in [-0.15, -0.1) is 0 Å². The van der Waals surface area contributed by atoms with Crippen LogP contribution < -0.4 is 21.9 Å². The van der Waals surface area contributed by atoms with E-state index in [9.17, 15) is 14.7 Å². The van der Waals surface area contributed by atoms with Crippen LogP contribution in [0.2, 0.25) is 0 Å². The summed E-state index contributed by atoms with van der Waals surface area (Å²) in [6, 6.07) is 19.8. The molecule has 1 aromatic heterocycles. The first-order chi connectivity index (χ1) is 16.9. The Kier molecular flexibility index (Phi) is 7.17. The van der Waals surface area contributed by atoms with Gasteiger partial charge in [-0.05, 0) is 64.9 Å². The van der Waals surface area contributed by atoms with Crippen LogP contribution >= 0.6 is 0 Å². The lowest BCUT2D eigenvalue weighted by Gasteiger charge is -2.22. The molecule has 0 fully saturated rings. The summed E-state index contributed by atoms with van der Waals surface area (Å²) in [5, 5.41) is 17.2. The zero-order valence-electron chi connectivity index (χ0n) is 19.8. The lowest BCUT2D eigenvalue weighted by molar-refractivity contribution is -0.122. The predicted molar refractivity (Wildman–Crippen MR) is 140 cm³/mol. The van der Waals surface area contributed by atoms with Gasteiger partial charge in [0.15, 0.2) is 0 Å². The number of nitrogens with two attached hydrogens (primary N) is 1. The average Bonchev–Trinajstić information content (AvgIpc) is 2.86. The monoisotopic (exact) mass is 470 g/mol. The zero-order chi connectivity index (χ0) is 24.9. The smallest absolute Gasteiger partial charge is 0.255 e. The lowest BCUT2D eigenvalue weighted by atomic mass is 9.93. The second-order valence-electron chi connectivity index (χ2n) is 8.85. The highest BCUT2D eigenvalue weighted by Gasteiger charge is 2.22. The van der Waals surface area contributed by atoms with E-state index in [1.165, 1.54) is 0 Å². The van der Waals surface area contributed by atoms with Crippen LogP contribution in [0.3, 0.4) is 0 Å². The summed E-state index contributed by atoms with van der Waals surface area (Å²) in [4.78, 5) is 28.4. The van der Waals surface area contributed by atoms with Crippen molar-refractivity contribution in [3.63, 3.8) is 0 Å². The van der Waals surface area contributed by atoms with Gasteiger partial charge < -0.3 is 26.5 Å². The van der Waals surface area contributed by atoms with Gasteiger partial charge in [0.2, 0.25) is 5.91 Å². The number of nitrogens with one attached hydrogen (secondary N) is 3. The molecular weight excluding hydrogens is 440 g/mol. The summed E-state index contributed by atoms with van der Waals surface area (Å²) < 4.78 is 0. The number of benzene rings is 3. The molecule has 0 aliphatic carbocycles. The molecule has 0 aliphatic heterocycles. The minimum Gasteiger partial charge on any atom is -0.399 e. The fourth-order valence-electron chi connectivity index (χ4n) is 4.26. The molecule has 1 unspecified atom stereocenters. The van der Waals surface area contributed by atoms with Crippen molar-refractivity contribution in [2.75, 3.05) is 17.7 Å². The van der Waals surface area contributed by atoms with Crippen LogP contribution in [0.4, 0.5) is 11.4 Å². The summed E-state index contributed by atoms with van der Waals surface area (Å²) in [6.45, 7) is 4.32. The van der Waals surface area contributed by atoms with E-state index in [-0.39, 0.29) is 24.0 Å². The Labute approximate surface area is 204 Å². The van der Waals surface area contributed by atoms with Crippen LogP contribution in [0.5, 0.6) is 0 Å². The van der Waals surface area contributed by atoms with Crippen molar-refractivity contribution in [2.24, 2.45) is 0 Å². The number of hydrogen-bond donors (Lipinski definition) is 5. The van der Waals surface area contributed by atoms with Gasteiger partial charge in [-0.2, -0.15) is 0 Å². The SMILES string of the molecule is Cc1cc(C(Nc2ccc3cc[nH]c(=O)c3c2)C(=O)NCc2cccc(N)c2)ccc1[C@@H](C)CO. The normalized spacial score (nSPS) is 12.8. The van der Waals surface area contributed by atoms with Crippen molar-refractivity contribution >= 4 is 28.1 Å². The number of amides is 1. The van der Waals surface area contributed by atoms with Crippen molar-refractivity contribution in [3.05, 3.63) is 106 Å². The molecule has 0 spiro atoms. The van der Waals surface area contributed by atoms with E-state index in [0.717, 1.165) is 27.6 Å². The maximum atomic E-state index is 13.4. The van der Waals surface area contributed by atoms with Crippen molar-refractivity contribution in [3.8, 4) is 0 Å². The number of aliphatic hydroxyl groups excluding tert-OH is 1. The van der Waals surface area contributed by atoms with Gasteiger partial charge in [-0.1, -0.05) is 43.3 Å². The molecule has 35 heavy (non-hydrogen) atoms. The third-order valence-electron chi connectivity index (χ3n) is 6.20. The molecule has 180 valence electrons. The summed E-state index contributed by atoms with van der Waals surface area (Å²) >= 11 is 0. The van der Waals surface area contributed by atoms with Gasteiger partial charge in [0.1, 0.15) is 6.04 Å². The van der Waals surface area contributed by atoms with Gasteiger partial charge in [0.25, 0.3) is 5.56 Å². The van der Waals surface area contributed by atoms with E-state index in [2.05, 4.69) is 15.6 Å². The number of carbonyl (C=O) groups is 1. The van der Waals surface area contributed by atoms with Gasteiger partial charge in [-0.25, -0.2) is 0 Å². The summed E-state index contributed by atoms with van der Waals surface area (Å²) in [5.74, 6) is -0.211. The van der Waals surface area contributed by atoms with Crippen LogP contribution in [0, 0.1) is 6.92 Å². The van der Waals surface area contributed by atoms with Crippen LogP contribution in [0.1, 0.15) is 41.1 Å². The Morgan fingerprint density at radius 3 is 2.66 bits per heavy atom. The summed E-state index contributed by atoms with van der Waals surface area (Å²) in [7, 11) is 0. The first-order valence-electron chi connectivity index (χ1n) is 11.6. The molecule has 3 aromatic carbocycles. The van der Waals surface area contributed by atoms with Crippen LogP contribution in [-0.2, 0) is 11.3 Å².